The molecule has 2 aromatic rings. The molecule has 2 N–H and O–H groups in total. The number of thiophene rings is 1. The number of nitrogens with one attached hydrogen (secondary N) is 1. The fraction of sp³-hybridized carbons (Fsp3) is 0.188. The van der Waals surface area contributed by atoms with E-state index in [2.05, 4.69) is 17.2 Å². The quantitative estimate of drug-likeness (QED) is 0.852. The van der Waals surface area contributed by atoms with Crippen molar-refractivity contribution in [2.24, 2.45) is 0 Å². The van der Waals surface area contributed by atoms with Crippen molar-refractivity contribution in [2.45, 2.75) is 13.3 Å². The van der Waals surface area contributed by atoms with Crippen LogP contribution in [0.2, 0.25) is 0 Å². The van der Waals surface area contributed by atoms with Crippen molar-refractivity contribution < 1.29 is 9.90 Å². The maximum absolute atomic E-state index is 12.1. The minimum atomic E-state index is -0.137. The lowest BCUT2D eigenvalue weighted by Crippen LogP contribution is -2.10. The summed E-state index contributed by atoms with van der Waals surface area (Å²) in [5.41, 5.74) is 2.49. The van der Waals surface area contributed by atoms with Gasteiger partial charge in [-0.3, -0.25) is 4.79 Å². The maximum atomic E-state index is 12.1. The third-order valence-electron chi connectivity index (χ3n) is 2.59. The number of aliphatic hydroxyl groups excluding tert-OH is 1. The van der Waals surface area contributed by atoms with E-state index in [1.54, 1.807) is 11.4 Å². The van der Waals surface area contributed by atoms with Gasteiger partial charge in [0.2, 0.25) is 0 Å². The topological polar surface area (TPSA) is 49.3 Å². The first-order valence-corrected chi connectivity index (χ1v) is 7.13. The van der Waals surface area contributed by atoms with Crippen LogP contribution in [0.5, 0.6) is 0 Å². The molecule has 0 aliphatic rings. The van der Waals surface area contributed by atoms with Gasteiger partial charge in [0.15, 0.2) is 0 Å². The lowest BCUT2D eigenvalue weighted by atomic mass is 10.2. The second-order valence-electron chi connectivity index (χ2n) is 4.30. The molecule has 0 unspecified atom stereocenters. The van der Waals surface area contributed by atoms with Gasteiger partial charge >= 0.3 is 0 Å². The van der Waals surface area contributed by atoms with Crippen LogP contribution in [0.1, 0.15) is 27.2 Å². The standard InChI is InChI=1S/C16H15NO2S/c1-12-5-4-6-14(9-12)17-16(19)13-10-15(20-11-13)7-2-3-8-18/h4-6,9-11,18H,3,8H2,1H3,(H,17,19). The normalized spacial score (nSPS) is 9.70. The largest absolute Gasteiger partial charge is 0.395 e. The van der Waals surface area contributed by atoms with Gasteiger partial charge in [0, 0.05) is 17.5 Å². The van der Waals surface area contributed by atoms with Gasteiger partial charge in [0.05, 0.1) is 17.0 Å². The average Bonchev–Trinajstić information content (AvgIpc) is 2.88. The highest BCUT2D eigenvalue weighted by Crippen LogP contribution is 2.16. The molecule has 0 aliphatic carbocycles. The summed E-state index contributed by atoms with van der Waals surface area (Å²) in [5, 5.41) is 13.3. The van der Waals surface area contributed by atoms with E-state index in [0.29, 0.717) is 12.0 Å². The van der Waals surface area contributed by atoms with Gasteiger partial charge in [-0.1, -0.05) is 24.0 Å². The third kappa shape index (κ3) is 3.95. The molecule has 0 spiro atoms. The van der Waals surface area contributed by atoms with E-state index >= 15 is 0 Å². The first-order valence-electron chi connectivity index (χ1n) is 6.25. The zero-order chi connectivity index (χ0) is 14.4. The summed E-state index contributed by atoms with van der Waals surface area (Å²) in [6.45, 7) is 2.04. The monoisotopic (exact) mass is 285 g/mol. The molecular formula is C16H15NO2S. The summed E-state index contributed by atoms with van der Waals surface area (Å²) in [4.78, 5) is 12.9. The number of aliphatic hydroxyl groups is 1. The number of carbonyl (C=O) groups is 1. The molecule has 4 heteroatoms. The van der Waals surface area contributed by atoms with Crippen molar-refractivity contribution in [1.82, 2.24) is 0 Å². The van der Waals surface area contributed by atoms with E-state index in [-0.39, 0.29) is 12.5 Å². The Kier molecular flexibility index (Phi) is 4.94. The van der Waals surface area contributed by atoms with E-state index in [9.17, 15) is 4.79 Å². The van der Waals surface area contributed by atoms with Crippen LogP contribution in [-0.4, -0.2) is 17.6 Å². The number of benzene rings is 1. The molecule has 20 heavy (non-hydrogen) atoms. The molecule has 0 aliphatic heterocycles. The Balaban J connectivity index is 2.05. The molecular weight excluding hydrogens is 270 g/mol. The van der Waals surface area contributed by atoms with Crippen molar-refractivity contribution in [3.63, 3.8) is 0 Å². The van der Waals surface area contributed by atoms with Crippen molar-refractivity contribution in [1.29, 1.82) is 0 Å². The summed E-state index contributed by atoms with van der Waals surface area (Å²) in [5.74, 6) is 5.62. The molecule has 0 atom stereocenters. The zero-order valence-corrected chi connectivity index (χ0v) is 12.0. The van der Waals surface area contributed by atoms with Crippen LogP contribution in [0, 0.1) is 18.8 Å². The van der Waals surface area contributed by atoms with Gasteiger partial charge in [-0.05, 0) is 30.7 Å². The minimum absolute atomic E-state index is 0.0546. The predicted molar refractivity (Wildman–Crippen MR) is 82.0 cm³/mol. The van der Waals surface area contributed by atoms with Gasteiger partial charge < -0.3 is 10.4 Å². The molecule has 0 fully saturated rings. The molecule has 1 aromatic heterocycles. The van der Waals surface area contributed by atoms with Gasteiger partial charge in [0.1, 0.15) is 0 Å². The van der Waals surface area contributed by atoms with Gasteiger partial charge in [-0.25, -0.2) is 0 Å². The Morgan fingerprint density at radius 3 is 3.00 bits per heavy atom. The highest BCUT2D eigenvalue weighted by Gasteiger charge is 2.08. The number of anilines is 1. The molecule has 1 heterocycles. The maximum Gasteiger partial charge on any atom is 0.256 e. The molecule has 2 rings (SSSR count). The fourth-order valence-electron chi connectivity index (χ4n) is 1.65. The van der Waals surface area contributed by atoms with Crippen LogP contribution in [0.3, 0.4) is 0 Å². The lowest BCUT2D eigenvalue weighted by Gasteiger charge is -2.04. The number of amides is 1. The van der Waals surface area contributed by atoms with Crippen LogP contribution in [0.15, 0.2) is 35.7 Å². The summed E-state index contributed by atoms with van der Waals surface area (Å²) in [7, 11) is 0. The number of hydrogen-bond acceptors (Lipinski definition) is 3. The van der Waals surface area contributed by atoms with Crippen LogP contribution in [-0.2, 0) is 0 Å². The molecule has 3 nitrogen and oxygen atoms in total. The Morgan fingerprint density at radius 1 is 1.40 bits per heavy atom. The van der Waals surface area contributed by atoms with Crippen LogP contribution < -0.4 is 5.32 Å². The summed E-state index contributed by atoms with van der Waals surface area (Å²) in [6, 6.07) is 9.44. The van der Waals surface area contributed by atoms with Crippen LogP contribution in [0.25, 0.3) is 0 Å². The van der Waals surface area contributed by atoms with Crippen molar-refractivity contribution in [2.75, 3.05) is 11.9 Å². The predicted octanol–water partition coefficient (Wildman–Crippen LogP) is 3.04. The van der Waals surface area contributed by atoms with Crippen LogP contribution in [0.4, 0.5) is 5.69 Å². The Morgan fingerprint density at radius 2 is 2.25 bits per heavy atom. The Bertz CT molecular complexity index is 664. The van der Waals surface area contributed by atoms with E-state index in [0.717, 1.165) is 16.1 Å². The van der Waals surface area contributed by atoms with Crippen molar-refractivity contribution in [3.05, 3.63) is 51.7 Å². The van der Waals surface area contributed by atoms with E-state index < -0.39 is 0 Å². The molecule has 1 aromatic carbocycles. The Labute approximate surface area is 122 Å². The Hall–Kier alpha value is -2.09. The van der Waals surface area contributed by atoms with E-state index in [1.807, 2.05) is 31.2 Å². The first kappa shape index (κ1) is 14.3. The van der Waals surface area contributed by atoms with Crippen molar-refractivity contribution >= 4 is 22.9 Å². The number of aryl methyl sites for hydroxylation is 1. The first-order chi connectivity index (χ1) is 9.69. The average molecular weight is 285 g/mol. The highest BCUT2D eigenvalue weighted by molar-refractivity contribution is 7.10. The van der Waals surface area contributed by atoms with Gasteiger partial charge in [0.25, 0.3) is 5.91 Å². The lowest BCUT2D eigenvalue weighted by molar-refractivity contribution is 0.102. The van der Waals surface area contributed by atoms with Crippen LogP contribution >= 0.6 is 11.3 Å². The molecule has 102 valence electrons. The SMILES string of the molecule is Cc1cccc(NC(=O)c2csc(C#CCCO)c2)c1. The molecule has 0 saturated heterocycles. The van der Waals surface area contributed by atoms with Gasteiger partial charge in [-0.2, -0.15) is 0 Å². The molecule has 1 amide bonds. The molecule has 0 saturated carbocycles. The van der Waals surface area contributed by atoms with E-state index in [1.165, 1.54) is 11.3 Å². The van der Waals surface area contributed by atoms with E-state index in [4.69, 9.17) is 5.11 Å². The second kappa shape index (κ2) is 6.90. The number of hydrogen-bond donors (Lipinski definition) is 2. The number of rotatable bonds is 3. The fourth-order valence-corrected chi connectivity index (χ4v) is 2.41. The van der Waals surface area contributed by atoms with Gasteiger partial charge in [-0.15, -0.1) is 11.3 Å². The molecule has 0 radical (unpaired) electrons. The number of carbonyl (C=O) groups excluding carboxylic acids is 1. The molecule has 0 bridgehead atoms. The second-order valence-corrected chi connectivity index (χ2v) is 5.21. The zero-order valence-electron chi connectivity index (χ0n) is 11.1. The smallest absolute Gasteiger partial charge is 0.256 e. The highest BCUT2D eigenvalue weighted by atomic mass is 32.1. The van der Waals surface area contributed by atoms with Crippen molar-refractivity contribution in [3.8, 4) is 11.8 Å². The summed E-state index contributed by atoms with van der Waals surface area (Å²) in [6.07, 6.45) is 0.447. The summed E-state index contributed by atoms with van der Waals surface area (Å²) >= 11 is 1.43. The third-order valence-corrected chi connectivity index (χ3v) is 3.43. The summed E-state index contributed by atoms with van der Waals surface area (Å²) < 4.78 is 0. The minimum Gasteiger partial charge on any atom is -0.395 e.